The highest BCUT2D eigenvalue weighted by molar-refractivity contribution is 5.92. The fourth-order valence-electron chi connectivity index (χ4n) is 4.84. The van der Waals surface area contributed by atoms with Crippen LogP contribution in [0.15, 0.2) is 48.7 Å². The van der Waals surface area contributed by atoms with Crippen molar-refractivity contribution in [2.24, 2.45) is 11.3 Å². The van der Waals surface area contributed by atoms with Gasteiger partial charge in [0.25, 0.3) is 5.91 Å². The Morgan fingerprint density at radius 2 is 1.81 bits per heavy atom. The number of carbonyl (C=O) groups is 1. The topological polar surface area (TPSA) is 59.6 Å². The second kappa shape index (κ2) is 7.87. The first-order chi connectivity index (χ1) is 13.2. The number of carbonyl (C=O) groups excluding carboxylic acids is 1. The van der Waals surface area contributed by atoms with E-state index in [0.29, 0.717) is 12.2 Å². The lowest BCUT2D eigenvalue weighted by atomic mass is 9.64. The van der Waals surface area contributed by atoms with Crippen molar-refractivity contribution in [2.45, 2.75) is 25.8 Å². The van der Waals surface area contributed by atoms with Crippen LogP contribution in [0.1, 0.15) is 35.3 Å². The quantitative estimate of drug-likeness (QED) is 0.874. The van der Waals surface area contributed by atoms with Gasteiger partial charge in [-0.1, -0.05) is 30.3 Å². The third-order valence-electron chi connectivity index (χ3n) is 6.62. The van der Waals surface area contributed by atoms with Crippen molar-refractivity contribution in [2.75, 3.05) is 32.8 Å². The minimum absolute atomic E-state index is 0.0508. The van der Waals surface area contributed by atoms with Crippen molar-refractivity contribution in [3.05, 3.63) is 59.9 Å². The molecule has 0 aliphatic carbocycles. The highest BCUT2D eigenvalue weighted by Gasteiger charge is 2.45. The molecule has 1 aromatic carbocycles. The van der Waals surface area contributed by atoms with Gasteiger partial charge in [0.1, 0.15) is 5.69 Å². The van der Waals surface area contributed by atoms with Gasteiger partial charge in [0.15, 0.2) is 0 Å². The standard InChI is InChI=1S/C22H29N3O2/c26-17-19-16-25(21(27)20-7-4-11-23-20)14-10-22(19)8-12-24(13-9-22)15-18-5-2-1-3-6-18/h1-7,11,19,23,26H,8-10,12-17H2/t19-/m1/s1. The fraction of sp³-hybridized carbons (Fsp3) is 0.500. The molecule has 2 saturated heterocycles. The van der Waals surface area contributed by atoms with E-state index >= 15 is 0 Å². The van der Waals surface area contributed by atoms with E-state index in [-0.39, 0.29) is 23.8 Å². The van der Waals surface area contributed by atoms with E-state index in [9.17, 15) is 9.90 Å². The van der Waals surface area contributed by atoms with Crippen LogP contribution < -0.4 is 0 Å². The summed E-state index contributed by atoms with van der Waals surface area (Å²) in [6.45, 7) is 4.73. The van der Waals surface area contributed by atoms with Gasteiger partial charge < -0.3 is 15.0 Å². The molecule has 1 amide bonds. The normalized spacial score (nSPS) is 22.9. The Hall–Kier alpha value is -2.11. The van der Waals surface area contributed by atoms with Crippen molar-refractivity contribution in [3.63, 3.8) is 0 Å². The zero-order chi connectivity index (χ0) is 18.7. The summed E-state index contributed by atoms with van der Waals surface area (Å²) in [6, 6.07) is 14.3. The van der Waals surface area contributed by atoms with E-state index < -0.39 is 0 Å². The Labute approximate surface area is 161 Å². The Morgan fingerprint density at radius 3 is 2.48 bits per heavy atom. The number of aliphatic hydroxyl groups is 1. The Balaban J connectivity index is 1.37. The molecule has 1 aromatic heterocycles. The summed E-state index contributed by atoms with van der Waals surface area (Å²) in [5, 5.41) is 10.1. The van der Waals surface area contributed by atoms with Crippen molar-refractivity contribution >= 4 is 5.91 Å². The lowest BCUT2D eigenvalue weighted by molar-refractivity contribution is -0.0366. The van der Waals surface area contributed by atoms with Gasteiger partial charge in [0.05, 0.1) is 0 Å². The second-order valence-corrected chi connectivity index (χ2v) is 8.09. The van der Waals surface area contributed by atoms with Gasteiger partial charge in [-0.3, -0.25) is 9.69 Å². The zero-order valence-corrected chi connectivity index (χ0v) is 15.8. The summed E-state index contributed by atoms with van der Waals surface area (Å²) in [5.74, 6) is 0.221. The van der Waals surface area contributed by atoms with Crippen LogP contribution in [0.25, 0.3) is 0 Å². The van der Waals surface area contributed by atoms with Gasteiger partial charge >= 0.3 is 0 Å². The monoisotopic (exact) mass is 367 g/mol. The van der Waals surface area contributed by atoms with Crippen LogP contribution in [0.2, 0.25) is 0 Å². The molecule has 2 fully saturated rings. The van der Waals surface area contributed by atoms with Gasteiger partial charge in [-0.05, 0) is 55.5 Å². The van der Waals surface area contributed by atoms with Crippen LogP contribution in [-0.2, 0) is 6.54 Å². The van der Waals surface area contributed by atoms with E-state index in [2.05, 4.69) is 40.2 Å². The second-order valence-electron chi connectivity index (χ2n) is 8.09. The van der Waals surface area contributed by atoms with Crippen LogP contribution in [0, 0.1) is 11.3 Å². The van der Waals surface area contributed by atoms with Crippen molar-refractivity contribution in [1.82, 2.24) is 14.8 Å². The number of likely N-dealkylation sites (tertiary alicyclic amines) is 2. The number of nitrogens with zero attached hydrogens (tertiary/aromatic N) is 2. The number of nitrogens with one attached hydrogen (secondary N) is 1. The van der Waals surface area contributed by atoms with Crippen LogP contribution in [0.5, 0.6) is 0 Å². The van der Waals surface area contributed by atoms with Crippen LogP contribution in [-0.4, -0.2) is 58.6 Å². The highest BCUT2D eigenvalue weighted by Crippen LogP contribution is 2.45. The summed E-state index contributed by atoms with van der Waals surface area (Å²) in [5.41, 5.74) is 2.17. The summed E-state index contributed by atoms with van der Waals surface area (Å²) in [4.78, 5) is 20.1. The van der Waals surface area contributed by atoms with Crippen LogP contribution in [0.4, 0.5) is 0 Å². The number of aliphatic hydroxyl groups excluding tert-OH is 1. The molecule has 3 heterocycles. The maximum absolute atomic E-state index is 12.7. The Kier molecular flexibility index (Phi) is 5.32. The first kappa shape index (κ1) is 18.3. The number of H-pyrrole nitrogens is 1. The maximum atomic E-state index is 12.7. The molecule has 2 aromatic rings. The van der Waals surface area contributed by atoms with E-state index in [0.717, 1.165) is 45.4 Å². The summed E-state index contributed by atoms with van der Waals surface area (Å²) in [6.07, 6.45) is 4.99. The first-order valence-corrected chi connectivity index (χ1v) is 10.00. The molecule has 2 aliphatic rings. The number of aromatic amines is 1. The summed E-state index contributed by atoms with van der Waals surface area (Å²) >= 11 is 0. The molecule has 27 heavy (non-hydrogen) atoms. The first-order valence-electron chi connectivity index (χ1n) is 10.00. The SMILES string of the molecule is O=C(c1ccc[nH]1)N1CCC2(CCN(Cc3ccccc3)CC2)[C@@H](CO)C1. The lowest BCUT2D eigenvalue weighted by Crippen LogP contribution is -2.54. The molecule has 0 radical (unpaired) electrons. The molecule has 5 heteroatoms. The summed E-state index contributed by atoms with van der Waals surface area (Å²) in [7, 11) is 0. The van der Waals surface area contributed by atoms with Gasteiger partial charge in [-0.2, -0.15) is 0 Å². The minimum Gasteiger partial charge on any atom is -0.396 e. The highest BCUT2D eigenvalue weighted by atomic mass is 16.3. The maximum Gasteiger partial charge on any atom is 0.270 e. The molecule has 0 saturated carbocycles. The molecular formula is C22H29N3O2. The van der Waals surface area contributed by atoms with Gasteiger partial charge in [0.2, 0.25) is 0 Å². The molecule has 0 bridgehead atoms. The Bertz CT molecular complexity index is 736. The van der Waals surface area contributed by atoms with Crippen LogP contribution in [0.3, 0.4) is 0 Å². The Morgan fingerprint density at radius 1 is 1.07 bits per heavy atom. The average Bonchev–Trinajstić information content (AvgIpc) is 3.25. The number of rotatable bonds is 4. The molecule has 5 nitrogen and oxygen atoms in total. The van der Waals surface area contributed by atoms with E-state index in [4.69, 9.17) is 0 Å². The van der Waals surface area contributed by atoms with Gasteiger partial charge in [-0.15, -0.1) is 0 Å². The summed E-state index contributed by atoms with van der Waals surface area (Å²) < 4.78 is 0. The number of hydrogen-bond donors (Lipinski definition) is 2. The number of hydrogen-bond acceptors (Lipinski definition) is 3. The smallest absolute Gasteiger partial charge is 0.270 e. The largest absolute Gasteiger partial charge is 0.396 e. The number of amides is 1. The lowest BCUT2D eigenvalue weighted by Gasteiger charge is -2.51. The van der Waals surface area contributed by atoms with Crippen LogP contribution >= 0.6 is 0 Å². The molecule has 1 atom stereocenters. The predicted molar refractivity (Wildman–Crippen MR) is 105 cm³/mol. The average molecular weight is 367 g/mol. The molecule has 2 N–H and O–H groups in total. The van der Waals surface area contributed by atoms with E-state index in [1.54, 1.807) is 6.20 Å². The molecule has 2 aliphatic heterocycles. The van der Waals surface area contributed by atoms with Crippen molar-refractivity contribution in [3.8, 4) is 0 Å². The minimum atomic E-state index is 0.0508. The van der Waals surface area contributed by atoms with E-state index in [1.165, 1.54) is 5.56 Å². The van der Waals surface area contributed by atoms with Crippen molar-refractivity contribution in [1.29, 1.82) is 0 Å². The zero-order valence-electron chi connectivity index (χ0n) is 15.8. The molecular weight excluding hydrogens is 338 g/mol. The fourth-order valence-corrected chi connectivity index (χ4v) is 4.84. The number of piperidine rings is 2. The van der Waals surface area contributed by atoms with Gasteiger partial charge in [-0.25, -0.2) is 0 Å². The third kappa shape index (κ3) is 3.80. The molecule has 144 valence electrons. The van der Waals surface area contributed by atoms with E-state index in [1.807, 2.05) is 17.0 Å². The third-order valence-corrected chi connectivity index (χ3v) is 6.62. The predicted octanol–water partition coefficient (Wildman–Crippen LogP) is 2.75. The van der Waals surface area contributed by atoms with Crippen molar-refractivity contribution < 1.29 is 9.90 Å². The number of benzene rings is 1. The molecule has 1 spiro atoms. The number of aromatic nitrogens is 1. The molecule has 0 unspecified atom stereocenters. The van der Waals surface area contributed by atoms with Gasteiger partial charge in [0, 0.05) is 38.4 Å². The molecule has 4 rings (SSSR count).